The molecule has 3 heterocycles. The van der Waals surface area contributed by atoms with Crippen LogP contribution in [0.25, 0.3) is 99.5 Å². The van der Waals surface area contributed by atoms with E-state index in [4.69, 9.17) is 4.98 Å². The van der Waals surface area contributed by atoms with Gasteiger partial charge in [0.1, 0.15) is 0 Å². The van der Waals surface area contributed by atoms with Crippen LogP contribution < -0.4 is 9.80 Å². The molecule has 0 fully saturated rings. The summed E-state index contributed by atoms with van der Waals surface area (Å²) in [6.45, 7) is 0. The number of pyridine rings is 1. The van der Waals surface area contributed by atoms with Crippen molar-refractivity contribution in [3.8, 4) is 55.9 Å². The van der Waals surface area contributed by atoms with Crippen molar-refractivity contribution in [1.29, 1.82) is 0 Å². The molecule has 0 atom stereocenters. The Balaban J connectivity index is 0.662. The zero-order chi connectivity index (χ0) is 54.3. The largest absolute Gasteiger partial charge is 0.310 e. The molecule has 0 radical (unpaired) electrons. The Bertz CT molecular complexity index is 4360. The van der Waals surface area contributed by atoms with Gasteiger partial charge in [-0.3, -0.25) is 4.98 Å². The topological polar surface area (TPSA) is 29.2 Å². The number of anilines is 6. The molecule has 386 valence electrons. The Morgan fingerprint density at radius 1 is 0.207 bits per heavy atom. The smallest absolute Gasteiger partial charge is 0.0542 e. The lowest BCUT2D eigenvalue weighted by molar-refractivity contribution is 1.18. The number of nitrogens with zero attached hydrogens (tertiary/aromatic N) is 5. The van der Waals surface area contributed by atoms with E-state index in [1.165, 1.54) is 43.6 Å². The molecule has 12 aromatic carbocycles. The van der Waals surface area contributed by atoms with Gasteiger partial charge >= 0.3 is 0 Å². The van der Waals surface area contributed by atoms with Crippen LogP contribution in [-0.4, -0.2) is 14.1 Å². The molecule has 15 aromatic rings. The minimum atomic E-state index is 1.08. The molecule has 5 nitrogen and oxygen atoms in total. The van der Waals surface area contributed by atoms with Crippen LogP contribution in [0.4, 0.5) is 34.1 Å². The molecule has 0 N–H and O–H groups in total. The Morgan fingerprint density at radius 3 is 0.829 bits per heavy atom. The van der Waals surface area contributed by atoms with Crippen LogP contribution >= 0.6 is 0 Å². The Morgan fingerprint density at radius 2 is 0.488 bits per heavy atom. The van der Waals surface area contributed by atoms with E-state index in [0.29, 0.717) is 0 Å². The highest BCUT2D eigenvalue weighted by atomic mass is 15.1. The van der Waals surface area contributed by atoms with Crippen molar-refractivity contribution in [1.82, 2.24) is 14.1 Å². The molecule has 0 aliphatic carbocycles. The van der Waals surface area contributed by atoms with Crippen molar-refractivity contribution in [2.45, 2.75) is 0 Å². The molecule has 15 rings (SSSR count). The molecule has 3 aromatic heterocycles. The number of para-hydroxylation sites is 6. The summed E-state index contributed by atoms with van der Waals surface area (Å²) in [5, 5.41) is 4.87. The Labute approximate surface area is 476 Å². The van der Waals surface area contributed by atoms with Gasteiger partial charge in [0.15, 0.2) is 0 Å². The number of hydrogen-bond acceptors (Lipinski definition) is 3. The molecule has 0 saturated heterocycles. The molecule has 5 heteroatoms. The van der Waals surface area contributed by atoms with Crippen LogP contribution in [0.5, 0.6) is 0 Å². The number of benzene rings is 12. The van der Waals surface area contributed by atoms with Crippen molar-refractivity contribution >= 4 is 77.7 Å². The van der Waals surface area contributed by atoms with Crippen LogP contribution in [0.3, 0.4) is 0 Å². The highest BCUT2D eigenvalue weighted by Gasteiger charge is 2.20. The van der Waals surface area contributed by atoms with Gasteiger partial charge in [-0.1, -0.05) is 182 Å². The first-order valence-corrected chi connectivity index (χ1v) is 27.9. The van der Waals surface area contributed by atoms with E-state index in [2.05, 4.69) is 328 Å². The van der Waals surface area contributed by atoms with Crippen molar-refractivity contribution < 1.29 is 0 Å². The molecule has 0 amide bonds. The van der Waals surface area contributed by atoms with Crippen LogP contribution in [0.15, 0.2) is 322 Å². The van der Waals surface area contributed by atoms with E-state index >= 15 is 0 Å². The first kappa shape index (κ1) is 48.1. The highest BCUT2D eigenvalue weighted by molar-refractivity contribution is 6.12. The first-order valence-electron chi connectivity index (χ1n) is 27.9. The third-order valence-electron chi connectivity index (χ3n) is 16.0. The molecule has 82 heavy (non-hydrogen) atoms. The maximum absolute atomic E-state index is 4.73. The summed E-state index contributed by atoms with van der Waals surface area (Å²) in [7, 11) is 0. The van der Waals surface area contributed by atoms with Gasteiger partial charge in [-0.05, 0) is 161 Å². The fourth-order valence-electron chi connectivity index (χ4n) is 12.0. The number of hydrogen-bond donors (Lipinski definition) is 0. The summed E-state index contributed by atoms with van der Waals surface area (Å²) in [6, 6.07) is 111. The summed E-state index contributed by atoms with van der Waals surface area (Å²) >= 11 is 0. The average Bonchev–Trinajstić information content (AvgIpc) is 4.12. The standard InChI is InChI=1S/C77H53N5/c1-5-17-62(18-6-1)79(63-19-7-2-8-20-63)68-45-47-76-72(50-68)70-25-13-15-27-74(70)81(76)66-41-37-56(38-42-66)54-29-33-58(34-30-54)60-49-61(53-78-52-60)59-35-31-55(32-36-59)57-39-43-67(44-40-57)82-75-28-16-14-26-71(75)73-51-69(46-48-77(73)82)80(64-21-9-3-10-22-64)65-23-11-4-12-24-65/h1-53H. The van der Waals surface area contributed by atoms with Crippen molar-refractivity contribution in [2.75, 3.05) is 9.80 Å². The van der Waals surface area contributed by atoms with Crippen LogP contribution in [0.2, 0.25) is 0 Å². The molecule has 0 spiro atoms. The fraction of sp³-hybridized carbons (Fsp3) is 0. The second kappa shape index (κ2) is 20.7. The third-order valence-corrected chi connectivity index (χ3v) is 16.0. The zero-order valence-electron chi connectivity index (χ0n) is 44.8. The Hall–Kier alpha value is -11.0. The van der Waals surface area contributed by atoms with E-state index in [1.807, 2.05) is 12.4 Å². The third kappa shape index (κ3) is 8.74. The molecule has 0 bridgehead atoms. The second-order valence-electron chi connectivity index (χ2n) is 20.8. The van der Waals surface area contributed by atoms with Gasteiger partial charge in [0, 0.05) is 90.6 Å². The van der Waals surface area contributed by atoms with Crippen LogP contribution in [0, 0.1) is 0 Å². The molecule has 0 unspecified atom stereocenters. The van der Waals surface area contributed by atoms with Gasteiger partial charge in [0.2, 0.25) is 0 Å². The molecule has 0 saturated carbocycles. The van der Waals surface area contributed by atoms with E-state index in [9.17, 15) is 0 Å². The number of rotatable bonds is 12. The summed E-state index contributed by atoms with van der Waals surface area (Å²) < 4.78 is 4.77. The van der Waals surface area contributed by atoms with E-state index in [1.54, 1.807) is 0 Å². The quantitative estimate of drug-likeness (QED) is 0.122. The van der Waals surface area contributed by atoms with Gasteiger partial charge in [-0.25, -0.2) is 0 Å². The minimum Gasteiger partial charge on any atom is -0.310 e. The summed E-state index contributed by atoms with van der Waals surface area (Å²) in [5.74, 6) is 0. The molecule has 0 aliphatic heterocycles. The second-order valence-corrected chi connectivity index (χ2v) is 20.8. The van der Waals surface area contributed by atoms with Crippen LogP contribution in [-0.2, 0) is 0 Å². The highest BCUT2D eigenvalue weighted by Crippen LogP contribution is 2.42. The van der Waals surface area contributed by atoms with E-state index < -0.39 is 0 Å². The van der Waals surface area contributed by atoms with Crippen molar-refractivity contribution in [3.05, 3.63) is 322 Å². The summed E-state index contributed by atoms with van der Waals surface area (Å²) in [4.78, 5) is 9.38. The summed E-state index contributed by atoms with van der Waals surface area (Å²) in [5.41, 5.74) is 22.7. The van der Waals surface area contributed by atoms with E-state index in [0.717, 1.165) is 90.0 Å². The molecular weight excluding hydrogens is 995 g/mol. The lowest BCUT2D eigenvalue weighted by atomic mass is 9.97. The predicted octanol–water partition coefficient (Wildman–Crippen LogP) is 20.9. The molecule has 0 aliphatic rings. The normalized spacial score (nSPS) is 11.4. The van der Waals surface area contributed by atoms with E-state index in [-0.39, 0.29) is 0 Å². The molecular formula is C77H53N5. The van der Waals surface area contributed by atoms with Crippen molar-refractivity contribution in [3.63, 3.8) is 0 Å². The van der Waals surface area contributed by atoms with Gasteiger partial charge in [0.25, 0.3) is 0 Å². The maximum Gasteiger partial charge on any atom is 0.0542 e. The fourth-order valence-corrected chi connectivity index (χ4v) is 12.0. The lowest BCUT2D eigenvalue weighted by Crippen LogP contribution is -2.09. The Kier molecular flexibility index (Phi) is 12.1. The monoisotopic (exact) mass is 1050 g/mol. The summed E-state index contributed by atoms with van der Waals surface area (Å²) in [6.07, 6.45) is 3.91. The van der Waals surface area contributed by atoms with Gasteiger partial charge in [0.05, 0.1) is 22.1 Å². The van der Waals surface area contributed by atoms with Crippen molar-refractivity contribution in [2.24, 2.45) is 0 Å². The van der Waals surface area contributed by atoms with Gasteiger partial charge in [-0.2, -0.15) is 0 Å². The lowest BCUT2D eigenvalue weighted by Gasteiger charge is -2.25. The number of aromatic nitrogens is 3. The number of fused-ring (bicyclic) bond motifs is 6. The van der Waals surface area contributed by atoms with Gasteiger partial charge in [-0.15, -0.1) is 0 Å². The van der Waals surface area contributed by atoms with Crippen LogP contribution in [0.1, 0.15) is 0 Å². The maximum atomic E-state index is 4.73. The minimum absolute atomic E-state index is 1.08. The average molecular weight is 1050 g/mol. The van der Waals surface area contributed by atoms with Gasteiger partial charge < -0.3 is 18.9 Å². The SMILES string of the molecule is c1ccc(N(c2ccccc2)c2ccc3c(c2)c2ccccc2n3-c2ccc(-c3ccc(-c4cncc(-c5ccc(-c6ccc(-n7c8ccccc8c8cc(N(c9ccccc9)c9ccccc9)ccc87)cc6)cc5)c4)cc3)cc2)cc1. The first-order chi connectivity index (χ1) is 40.7. The zero-order valence-corrected chi connectivity index (χ0v) is 44.8. The predicted molar refractivity (Wildman–Crippen MR) is 344 cm³/mol.